The van der Waals surface area contributed by atoms with Crippen molar-refractivity contribution in [3.05, 3.63) is 65.6 Å². The lowest BCUT2D eigenvalue weighted by Crippen LogP contribution is -2.50. The summed E-state index contributed by atoms with van der Waals surface area (Å²) in [5.41, 5.74) is -2.58. The number of nitrogens with zero attached hydrogens (tertiary/aromatic N) is 5. The summed E-state index contributed by atoms with van der Waals surface area (Å²) >= 11 is 0. The van der Waals surface area contributed by atoms with Gasteiger partial charge in [0.2, 0.25) is 0 Å². The monoisotopic (exact) mass is 525 g/mol. The molecule has 3 aromatic rings. The van der Waals surface area contributed by atoms with Crippen LogP contribution in [0.25, 0.3) is 0 Å². The number of hydrogen-bond acceptors (Lipinski definition) is 6. The predicted molar refractivity (Wildman–Crippen MR) is 124 cm³/mol. The maximum Gasteiger partial charge on any atom is 0.416 e. The second-order valence-corrected chi connectivity index (χ2v) is 8.30. The number of aromatic nitrogens is 3. The number of anilines is 4. The van der Waals surface area contributed by atoms with E-state index in [0.29, 0.717) is 42.7 Å². The van der Waals surface area contributed by atoms with Crippen molar-refractivity contribution in [1.82, 2.24) is 19.9 Å². The number of nitrogens with one attached hydrogen (secondary N) is 2. The van der Waals surface area contributed by atoms with Crippen LogP contribution in [-0.2, 0) is 12.4 Å². The minimum absolute atomic E-state index is 0.00821. The first kappa shape index (κ1) is 26.0. The molecule has 196 valence electrons. The highest BCUT2D eigenvalue weighted by Crippen LogP contribution is 2.37. The zero-order valence-corrected chi connectivity index (χ0v) is 19.4. The van der Waals surface area contributed by atoms with Crippen molar-refractivity contribution in [1.29, 1.82) is 0 Å². The zero-order valence-electron chi connectivity index (χ0n) is 19.4. The molecule has 37 heavy (non-hydrogen) atoms. The van der Waals surface area contributed by atoms with E-state index < -0.39 is 35.2 Å². The van der Waals surface area contributed by atoms with Gasteiger partial charge in [0, 0.05) is 44.1 Å². The Kier molecular flexibility index (Phi) is 7.09. The second-order valence-electron chi connectivity index (χ2n) is 8.30. The third kappa shape index (κ3) is 6.57. The van der Waals surface area contributed by atoms with Crippen molar-refractivity contribution < 1.29 is 31.1 Å². The smallest absolute Gasteiger partial charge is 0.353 e. The van der Waals surface area contributed by atoms with E-state index in [4.69, 9.17) is 0 Å². The van der Waals surface area contributed by atoms with Crippen LogP contribution in [0.15, 0.2) is 48.9 Å². The lowest BCUT2D eigenvalue weighted by atomic mass is 10.1. The Bertz CT molecular complexity index is 1240. The van der Waals surface area contributed by atoms with Crippen molar-refractivity contribution in [3.63, 3.8) is 0 Å². The molecule has 0 saturated carbocycles. The molecule has 1 fully saturated rings. The van der Waals surface area contributed by atoms with Crippen LogP contribution in [0, 0.1) is 6.92 Å². The maximum absolute atomic E-state index is 13.1. The highest BCUT2D eigenvalue weighted by atomic mass is 19.4. The van der Waals surface area contributed by atoms with Gasteiger partial charge >= 0.3 is 18.4 Å². The average Bonchev–Trinajstić information content (AvgIpc) is 2.83. The summed E-state index contributed by atoms with van der Waals surface area (Å²) in [5, 5.41) is 5.24. The van der Waals surface area contributed by atoms with E-state index in [2.05, 4.69) is 25.6 Å². The number of pyridine rings is 1. The molecule has 1 aliphatic heterocycles. The van der Waals surface area contributed by atoms with Gasteiger partial charge in [0.1, 0.15) is 23.8 Å². The summed E-state index contributed by atoms with van der Waals surface area (Å²) in [6, 6.07) is 5.57. The van der Waals surface area contributed by atoms with Gasteiger partial charge in [0.05, 0.1) is 11.1 Å². The molecule has 4 rings (SSSR count). The minimum atomic E-state index is -5.01. The van der Waals surface area contributed by atoms with E-state index in [-0.39, 0.29) is 19.2 Å². The van der Waals surface area contributed by atoms with Crippen LogP contribution < -0.4 is 15.5 Å². The van der Waals surface area contributed by atoms with Gasteiger partial charge in [-0.15, -0.1) is 0 Å². The number of carbonyl (C=O) groups is 1. The Morgan fingerprint density at radius 3 is 2.05 bits per heavy atom. The molecule has 0 unspecified atom stereocenters. The molecule has 0 spiro atoms. The van der Waals surface area contributed by atoms with E-state index in [0.717, 1.165) is 5.56 Å². The third-order valence-electron chi connectivity index (χ3n) is 5.55. The predicted octanol–water partition coefficient (Wildman–Crippen LogP) is 5.32. The fraction of sp³-hybridized carbons (Fsp3) is 0.304. The van der Waals surface area contributed by atoms with Gasteiger partial charge in [-0.05, 0) is 42.8 Å². The van der Waals surface area contributed by atoms with Crippen LogP contribution in [0.1, 0.15) is 16.7 Å². The lowest BCUT2D eigenvalue weighted by molar-refractivity contribution is -0.143. The quantitative estimate of drug-likeness (QED) is 0.449. The Morgan fingerprint density at radius 2 is 1.46 bits per heavy atom. The molecule has 8 nitrogen and oxygen atoms in total. The third-order valence-corrected chi connectivity index (χ3v) is 5.55. The number of halogens is 6. The second kappa shape index (κ2) is 10.1. The molecule has 2 N–H and O–H groups in total. The van der Waals surface area contributed by atoms with Crippen LogP contribution in [-0.4, -0.2) is 52.1 Å². The summed E-state index contributed by atoms with van der Waals surface area (Å²) in [4.78, 5) is 28.4. The number of carbonyl (C=O) groups excluding carboxylic acids is 1. The molecule has 0 bridgehead atoms. The molecule has 3 heterocycles. The summed E-state index contributed by atoms with van der Waals surface area (Å²) in [6.07, 6.45) is -6.98. The van der Waals surface area contributed by atoms with Crippen molar-refractivity contribution in [2.24, 2.45) is 0 Å². The molecule has 0 aliphatic carbocycles. The van der Waals surface area contributed by atoms with E-state index >= 15 is 0 Å². The Labute approximate surface area is 207 Å². The van der Waals surface area contributed by atoms with Crippen molar-refractivity contribution in [2.75, 3.05) is 41.7 Å². The van der Waals surface area contributed by atoms with E-state index in [9.17, 15) is 31.1 Å². The SMILES string of the molecule is Cc1ccnc(Nc2cc(N3CCN(C(=O)Nc4cc(C(F)(F)F)cc(C(F)(F)F)c4)CC3)ncn2)c1. The van der Waals surface area contributed by atoms with Gasteiger partial charge in [0.25, 0.3) is 0 Å². The molecule has 0 atom stereocenters. The van der Waals surface area contributed by atoms with Crippen LogP contribution in [0.4, 0.5) is 54.3 Å². The Morgan fingerprint density at radius 1 is 0.838 bits per heavy atom. The van der Waals surface area contributed by atoms with Crippen LogP contribution in [0.2, 0.25) is 0 Å². The fourth-order valence-corrected chi connectivity index (χ4v) is 3.69. The maximum atomic E-state index is 13.1. The summed E-state index contributed by atoms with van der Waals surface area (Å²) in [5.74, 6) is 1.70. The number of urea groups is 1. The number of benzene rings is 1. The van der Waals surface area contributed by atoms with E-state index in [1.807, 2.05) is 24.0 Å². The highest BCUT2D eigenvalue weighted by Gasteiger charge is 2.37. The van der Waals surface area contributed by atoms with Crippen LogP contribution in [0.3, 0.4) is 0 Å². The molecular formula is C23H21F6N7O. The summed E-state index contributed by atoms with van der Waals surface area (Å²) in [6.45, 7) is 2.94. The molecule has 14 heteroatoms. The topological polar surface area (TPSA) is 86.3 Å². The van der Waals surface area contributed by atoms with Gasteiger partial charge in [0.15, 0.2) is 0 Å². The number of amides is 2. The van der Waals surface area contributed by atoms with Gasteiger partial charge in [-0.3, -0.25) is 0 Å². The summed E-state index contributed by atoms with van der Waals surface area (Å²) in [7, 11) is 0. The van der Waals surface area contributed by atoms with Gasteiger partial charge in [-0.25, -0.2) is 19.7 Å². The number of piperazine rings is 1. The Balaban J connectivity index is 1.40. The van der Waals surface area contributed by atoms with Crippen LogP contribution in [0.5, 0.6) is 0 Å². The van der Waals surface area contributed by atoms with E-state index in [1.54, 1.807) is 12.3 Å². The minimum Gasteiger partial charge on any atom is -0.353 e. The van der Waals surface area contributed by atoms with Gasteiger partial charge < -0.3 is 20.4 Å². The molecule has 2 aromatic heterocycles. The van der Waals surface area contributed by atoms with Crippen LogP contribution >= 0.6 is 0 Å². The first-order valence-electron chi connectivity index (χ1n) is 11.0. The molecule has 1 aliphatic rings. The number of hydrogen-bond donors (Lipinski definition) is 2. The standard InChI is InChI=1S/C23H21F6N7O/c1-14-2-3-30-18(8-14)34-19-12-20(32-13-31-19)35-4-6-36(7-5-35)21(37)33-17-10-15(22(24,25)26)9-16(11-17)23(27,28)29/h2-3,8-13H,4-7H2,1H3,(H,33,37)(H,30,31,32,34). The Hall–Kier alpha value is -4.10. The number of aryl methyl sites for hydroxylation is 1. The molecule has 2 amide bonds. The van der Waals surface area contributed by atoms with Crippen molar-refractivity contribution in [2.45, 2.75) is 19.3 Å². The van der Waals surface area contributed by atoms with Crippen molar-refractivity contribution in [3.8, 4) is 0 Å². The van der Waals surface area contributed by atoms with Crippen molar-refractivity contribution >= 4 is 29.2 Å². The summed E-state index contributed by atoms with van der Waals surface area (Å²) < 4.78 is 78.5. The average molecular weight is 525 g/mol. The molecular weight excluding hydrogens is 504 g/mol. The van der Waals surface area contributed by atoms with Gasteiger partial charge in [-0.2, -0.15) is 26.3 Å². The normalized spacial score (nSPS) is 14.5. The number of alkyl halides is 6. The van der Waals surface area contributed by atoms with Gasteiger partial charge in [-0.1, -0.05) is 0 Å². The molecule has 1 aromatic carbocycles. The molecule has 0 radical (unpaired) electrons. The first-order chi connectivity index (χ1) is 17.4. The number of rotatable bonds is 4. The lowest BCUT2D eigenvalue weighted by Gasteiger charge is -2.35. The largest absolute Gasteiger partial charge is 0.416 e. The molecule has 1 saturated heterocycles. The van der Waals surface area contributed by atoms with E-state index in [1.165, 1.54) is 11.2 Å². The highest BCUT2D eigenvalue weighted by molar-refractivity contribution is 5.89. The fourth-order valence-electron chi connectivity index (χ4n) is 3.69. The zero-order chi connectivity index (χ0) is 26.8. The first-order valence-corrected chi connectivity index (χ1v) is 11.0.